The number of hydrazone groups is 1. The summed E-state index contributed by atoms with van der Waals surface area (Å²) in [5.41, 5.74) is 5.11. The number of hydrogen-bond donors (Lipinski definition) is 2. The highest BCUT2D eigenvalue weighted by molar-refractivity contribution is 5.73. The van der Waals surface area contributed by atoms with Gasteiger partial charge < -0.3 is 15.5 Å². The average Bonchev–Trinajstić information content (AvgIpc) is 3.35. The van der Waals surface area contributed by atoms with Crippen molar-refractivity contribution >= 4 is 17.7 Å². The second kappa shape index (κ2) is 7.98. The third kappa shape index (κ3) is 4.25. The van der Waals surface area contributed by atoms with Crippen LogP contribution in [0.5, 0.6) is 5.75 Å². The molecule has 2 atom stereocenters. The fraction of sp³-hybridized carbons (Fsp3) is 0.316. The van der Waals surface area contributed by atoms with Crippen molar-refractivity contribution in [2.45, 2.75) is 25.3 Å². The van der Waals surface area contributed by atoms with Gasteiger partial charge in [-0.3, -0.25) is 0 Å². The van der Waals surface area contributed by atoms with Crippen LogP contribution in [0, 0.1) is 5.82 Å². The van der Waals surface area contributed by atoms with E-state index in [1.165, 1.54) is 12.1 Å². The predicted octanol–water partition coefficient (Wildman–Crippen LogP) is 3.36. The molecule has 0 bridgehead atoms. The third-order valence-electron chi connectivity index (χ3n) is 4.59. The number of ether oxygens (including phenoxy) is 1. The van der Waals surface area contributed by atoms with Gasteiger partial charge in [0.2, 0.25) is 0 Å². The Kier molecular flexibility index (Phi) is 5.24. The lowest BCUT2D eigenvalue weighted by Gasteiger charge is -2.17. The maximum atomic E-state index is 13.9. The Hall–Kier alpha value is -3.30. The standard InChI is InChI=1S/C19H19F3N6O/c1-11(12-4-14(20)6-15(5-12)29-10-17(21)22)26-18-2-3-28-19(27-18)16(9-25-28)13-7-23-24-8-13/h2-7,9,11,13,17,24H,8,10H2,1H3,(H,26,27). The molecule has 3 heterocycles. The van der Waals surface area contributed by atoms with Gasteiger partial charge in [0, 0.05) is 36.5 Å². The summed E-state index contributed by atoms with van der Waals surface area (Å²) >= 11 is 0. The molecule has 0 radical (unpaired) electrons. The third-order valence-corrected chi connectivity index (χ3v) is 4.59. The van der Waals surface area contributed by atoms with E-state index in [1.807, 2.05) is 13.1 Å². The number of halogens is 3. The summed E-state index contributed by atoms with van der Waals surface area (Å²) in [6.07, 6.45) is 2.73. The number of alkyl halides is 2. The van der Waals surface area contributed by atoms with Crippen molar-refractivity contribution in [3.63, 3.8) is 0 Å². The van der Waals surface area contributed by atoms with Gasteiger partial charge in [-0.2, -0.15) is 10.2 Å². The Balaban J connectivity index is 1.55. The summed E-state index contributed by atoms with van der Waals surface area (Å²) in [5.74, 6) is 0.165. The molecule has 0 amide bonds. The van der Waals surface area contributed by atoms with Gasteiger partial charge in [-0.1, -0.05) is 0 Å². The fourth-order valence-electron chi connectivity index (χ4n) is 3.15. The van der Waals surface area contributed by atoms with E-state index >= 15 is 0 Å². The van der Waals surface area contributed by atoms with Gasteiger partial charge in [-0.05, 0) is 30.7 Å². The van der Waals surface area contributed by atoms with Crippen LogP contribution in [0.4, 0.5) is 19.0 Å². The van der Waals surface area contributed by atoms with E-state index in [4.69, 9.17) is 4.74 Å². The maximum Gasteiger partial charge on any atom is 0.272 e. The molecular weight excluding hydrogens is 385 g/mol. The Morgan fingerprint density at radius 2 is 2.21 bits per heavy atom. The number of rotatable bonds is 7. The highest BCUT2D eigenvalue weighted by Crippen LogP contribution is 2.26. The summed E-state index contributed by atoms with van der Waals surface area (Å²) in [5, 5.41) is 11.5. The van der Waals surface area contributed by atoms with Crippen LogP contribution >= 0.6 is 0 Å². The molecule has 0 fully saturated rings. The summed E-state index contributed by atoms with van der Waals surface area (Å²) in [4.78, 5) is 4.63. The van der Waals surface area contributed by atoms with Gasteiger partial charge in [0.15, 0.2) is 5.65 Å². The van der Waals surface area contributed by atoms with Crippen molar-refractivity contribution in [2.75, 3.05) is 18.5 Å². The molecule has 0 saturated heterocycles. The molecule has 1 aromatic carbocycles. The minimum Gasteiger partial charge on any atom is -0.488 e. The molecule has 2 unspecified atom stereocenters. The highest BCUT2D eigenvalue weighted by Gasteiger charge is 2.19. The lowest BCUT2D eigenvalue weighted by Crippen LogP contribution is -2.11. The first-order chi connectivity index (χ1) is 14.0. The quantitative estimate of drug-likeness (QED) is 0.632. The number of benzene rings is 1. The monoisotopic (exact) mass is 404 g/mol. The molecule has 4 rings (SSSR count). The van der Waals surface area contributed by atoms with Crippen LogP contribution in [0.2, 0.25) is 0 Å². The van der Waals surface area contributed by atoms with Gasteiger partial charge in [0.05, 0.1) is 12.2 Å². The highest BCUT2D eigenvalue weighted by atomic mass is 19.3. The average molecular weight is 404 g/mol. The van der Waals surface area contributed by atoms with Crippen LogP contribution in [-0.4, -0.2) is 40.4 Å². The number of aromatic nitrogens is 3. The molecule has 1 aliphatic rings. The van der Waals surface area contributed by atoms with Crippen molar-refractivity contribution in [1.29, 1.82) is 0 Å². The molecule has 2 N–H and O–H groups in total. The molecule has 1 aliphatic heterocycles. The smallest absolute Gasteiger partial charge is 0.272 e. The first-order valence-corrected chi connectivity index (χ1v) is 9.08. The van der Waals surface area contributed by atoms with Crippen LogP contribution in [0.3, 0.4) is 0 Å². The molecule has 0 aliphatic carbocycles. The summed E-state index contributed by atoms with van der Waals surface area (Å²) < 4.78 is 45.2. The van der Waals surface area contributed by atoms with Crippen LogP contribution in [0.1, 0.15) is 30.0 Å². The zero-order valence-electron chi connectivity index (χ0n) is 15.5. The van der Waals surface area contributed by atoms with Gasteiger partial charge in [0.25, 0.3) is 6.43 Å². The van der Waals surface area contributed by atoms with E-state index in [0.717, 1.165) is 11.6 Å². The lowest BCUT2D eigenvalue weighted by molar-refractivity contribution is 0.0817. The Labute approximate surface area is 164 Å². The molecule has 7 nitrogen and oxygen atoms in total. The van der Waals surface area contributed by atoms with Crippen molar-refractivity contribution in [3.8, 4) is 5.75 Å². The topological polar surface area (TPSA) is 75.8 Å². The Bertz CT molecular complexity index is 1040. The van der Waals surface area contributed by atoms with Crippen LogP contribution < -0.4 is 15.5 Å². The maximum absolute atomic E-state index is 13.9. The normalized spacial score (nSPS) is 16.9. The molecule has 10 heteroatoms. The molecule has 152 valence electrons. The predicted molar refractivity (Wildman–Crippen MR) is 102 cm³/mol. The fourth-order valence-corrected chi connectivity index (χ4v) is 3.15. The number of fused-ring (bicyclic) bond motifs is 1. The molecule has 2 aromatic heterocycles. The molecule has 0 spiro atoms. The van der Waals surface area contributed by atoms with Crippen LogP contribution in [-0.2, 0) is 0 Å². The second-order valence-electron chi connectivity index (χ2n) is 6.72. The van der Waals surface area contributed by atoms with E-state index in [9.17, 15) is 13.2 Å². The van der Waals surface area contributed by atoms with Crippen LogP contribution in [0.25, 0.3) is 5.65 Å². The first-order valence-electron chi connectivity index (χ1n) is 9.08. The van der Waals surface area contributed by atoms with E-state index in [2.05, 4.69) is 25.9 Å². The van der Waals surface area contributed by atoms with Crippen molar-refractivity contribution < 1.29 is 17.9 Å². The van der Waals surface area contributed by atoms with Gasteiger partial charge in [-0.15, -0.1) is 0 Å². The number of hydrogen-bond acceptors (Lipinski definition) is 6. The summed E-state index contributed by atoms with van der Waals surface area (Å²) in [6.45, 7) is 1.72. The van der Waals surface area contributed by atoms with Crippen LogP contribution in [0.15, 0.2) is 41.8 Å². The lowest BCUT2D eigenvalue weighted by atomic mass is 10.1. The molecule has 3 aromatic rings. The van der Waals surface area contributed by atoms with E-state index in [0.29, 0.717) is 23.6 Å². The zero-order valence-corrected chi connectivity index (χ0v) is 15.5. The Morgan fingerprint density at radius 1 is 1.34 bits per heavy atom. The van der Waals surface area contributed by atoms with E-state index < -0.39 is 18.8 Å². The summed E-state index contributed by atoms with van der Waals surface area (Å²) in [6, 6.07) is 5.37. The minimum atomic E-state index is -2.63. The number of nitrogens with zero attached hydrogens (tertiary/aromatic N) is 4. The van der Waals surface area contributed by atoms with E-state index in [1.54, 1.807) is 23.0 Å². The first kappa shape index (κ1) is 19.0. The Morgan fingerprint density at radius 3 is 2.97 bits per heavy atom. The molecule has 29 heavy (non-hydrogen) atoms. The number of nitrogens with one attached hydrogen (secondary N) is 2. The van der Waals surface area contributed by atoms with E-state index in [-0.39, 0.29) is 17.7 Å². The molecular formula is C19H19F3N6O. The molecule has 0 saturated carbocycles. The van der Waals surface area contributed by atoms with Gasteiger partial charge >= 0.3 is 0 Å². The van der Waals surface area contributed by atoms with Crippen molar-refractivity contribution in [2.24, 2.45) is 5.10 Å². The van der Waals surface area contributed by atoms with Gasteiger partial charge in [-0.25, -0.2) is 22.7 Å². The van der Waals surface area contributed by atoms with Crippen molar-refractivity contribution in [1.82, 2.24) is 20.0 Å². The number of anilines is 1. The largest absolute Gasteiger partial charge is 0.488 e. The zero-order chi connectivity index (χ0) is 20.4. The minimum absolute atomic E-state index is 0.0588. The summed E-state index contributed by atoms with van der Waals surface area (Å²) in [7, 11) is 0. The SMILES string of the molecule is CC(Nc1ccn2ncc(C3C=NNC3)c2n1)c1cc(F)cc(OCC(F)F)c1. The van der Waals surface area contributed by atoms with Crippen molar-refractivity contribution in [3.05, 3.63) is 53.6 Å². The van der Waals surface area contributed by atoms with Gasteiger partial charge in [0.1, 0.15) is 24.0 Å². The second-order valence-corrected chi connectivity index (χ2v) is 6.72.